The molecule has 3 aromatic carbocycles. The van der Waals surface area contributed by atoms with Gasteiger partial charge in [0.25, 0.3) is 0 Å². The van der Waals surface area contributed by atoms with E-state index >= 15 is 0 Å². The highest BCUT2D eigenvalue weighted by Gasteiger charge is 2.31. The van der Waals surface area contributed by atoms with Crippen LogP contribution in [0.3, 0.4) is 0 Å². The first-order valence-corrected chi connectivity index (χ1v) is 14.0. The molecular formula is C32H34N6O4. The van der Waals surface area contributed by atoms with E-state index in [4.69, 9.17) is 14.2 Å². The summed E-state index contributed by atoms with van der Waals surface area (Å²) in [6, 6.07) is 17.6. The Morgan fingerprint density at radius 3 is 2.62 bits per heavy atom. The van der Waals surface area contributed by atoms with Gasteiger partial charge in [0.05, 0.1) is 29.4 Å². The molecule has 42 heavy (non-hydrogen) atoms. The number of hydrogen-bond acceptors (Lipinski definition) is 8. The standard InChI is InChI=1S/C32H34N6O4/c1-20-14-21(6-11-29(20)41-23-8-10-28-27(16-23)35-19-37(28)5)36-30-25-15-22(7-9-26(25)33-18-34-30)40-24-12-13-38(17-24)31(39)42-32(2,3)4/h6-11,14-16,18-19,24H,12-13,17H2,1-5H3,(H,33,34,36)/t24-/m0/s1. The summed E-state index contributed by atoms with van der Waals surface area (Å²) in [6.07, 6.45) is 3.63. The first-order valence-electron chi connectivity index (χ1n) is 14.0. The van der Waals surface area contributed by atoms with E-state index in [1.807, 2.05) is 93.9 Å². The van der Waals surface area contributed by atoms with E-state index < -0.39 is 5.60 Å². The van der Waals surface area contributed by atoms with Crippen molar-refractivity contribution in [3.8, 4) is 17.2 Å². The molecule has 6 rings (SSSR count). The number of likely N-dealkylation sites (tertiary alicyclic amines) is 1. The molecular weight excluding hydrogens is 532 g/mol. The fourth-order valence-electron chi connectivity index (χ4n) is 5.00. The summed E-state index contributed by atoms with van der Waals surface area (Å²) >= 11 is 0. The molecule has 1 atom stereocenters. The van der Waals surface area contributed by atoms with Crippen LogP contribution in [0.1, 0.15) is 32.8 Å². The van der Waals surface area contributed by atoms with Gasteiger partial charge in [0.15, 0.2) is 0 Å². The van der Waals surface area contributed by atoms with Crippen molar-refractivity contribution in [2.75, 3.05) is 18.4 Å². The number of ether oxygens (including phenoxy) is 3. The van der Waals surface area contributed by atoms with Gasteiger partial charge in [-0.2, -0.15) is 0 Å². The lowest BCUT2D eigenvalue weighted by Gasteiger charge is -2.24. The topological polar surface area (TPSA) is 104 Å². The Morgan fingerprint density at radius 2 is 1.81 bits per heavy atom. The summed E-state index contributed by atoms with van der Waals surface area (Å²) < 4.78 is 19.9. The number of amides is 1. The van der Waals surface area contributed by atoms with Crippen molar-refractivity contribution < 1.29 is 19.0 Å². The van der Waals surface area contributed by atoms with Crippen LogP contribution >= 0.6 is 0 Å². The number of aromatic nitrogens is 4. The van der Waals surface area contributed by atoms with Crippen molar-refractivity contribution in [1.82, 2.24) is 24.4 Å². The number of rotatable bonds is 6. The van der Waals surface area contributed by atoms with Crippen LogP contribution in [0, 0.1) is 6.92 Å². The van der Waals surface area contributed by atoms with Crippen LogP contribution in [0.2, 0.25) is 0 Å². The van der Waals surface area contributed by atoms with Crippen LogP contribution in [0.25, 0.3) is 21.9 Å². The molecule has 0 aliphatic carbocycles. The van der Waals surface area contributed by atoms with Crippen molar-refractivity contribution in [2.24, 2.45) is 7.05 Å². The van der Waals surface area contributed by atoms with Crippen LogP contribution in [0.5, 0.6) is 17.2 Å². The number of fused-ring (bicyclic) bond motifs is 2. The van der Waals surface area contributed by atoms with Crippen molar-refractivity contribution in [3.05, 3.63) is 72.8 Å². The van der Waals surface area contributed by atoms with Gasteiger partial charge in [-0.25, -0.2) is 19.7 Å². The van der Waals surface area contributed by atoms with E-state index in [-0.39, 0.29) is 12.2 Å². The van der Waals surface area contributed by atoms with Crippen molar-refractivity contribution in [2.45, 2.75) is 45.8 Å². The van der Waals surface area contributed by atoms with E-state index in [1.54, 1.807) is 17.6 Å². The predicted molar refractivity (Wildman–Crippen MR) is 162 cm³/mol. The average molecular weight is 567 g/mol. The molecule has 1 N–H and O–H groups in total. The molecule has 216 valence electrons. The van der Waals surface area contributed by atoms with Crippen LogP contribution in [0.15, 0.2) is 67.3 Å². The van der Waals surface area contributed by atoms with Gasteiger partial charge in [-0.3, -0.25) is 0 Å². The smallest absolute Gasteiger partial charge is 0.410 e. The van der Waals surface area contributed by atoms with E-state index in [0.29, 0.717) is 24.7 Å². The van der Waals surface area contributed by atoms with Gasteiger partial charge in [-0.1, -0.05) is 0 Å². The highest BCUT2D eigenvalue weighted by atomic mass is 16.6. The fourth-order valence-corrected chi connectivity index (χ4v) is 5.00. The molecule has 1 aliphatic heterocycles. The number of hydrogen-bond donors (Lipinski definition) is 1. The van der Waals surface area contributed by atoms with Crippen molar-refractivity contribution in [3.63, 3.8) is 0 Å². The van der Waals surface area contributed by atoms with Gasteiger partial charge in [0.2, 0.25) is 0 Å². The summed E-state index contributed by atoms with van der Waals surface area (Å²) in [5.41, 5.74) is 4.05. The van der Waals surface area contributed by atoms with Crippen LogP contribution in [-0.2, 0) is 11.8 Å². The SMILES string of the molecule is Cc1cc(Nc2ncnc3ccc(O[C@H]4CCN(C(=O)OC(C)(C)C)C4)cc23)ccc1Oc1ccc2c(c1)ncn2C. The largest absolute Gasteiger partial charge is 0.488 e. The average Bonchev–Trinajstić information content (AvgIpc) is 3.56. The molecule has 1 aliphatic rings. The molecule has 0 bridgehead atoms. The Morgan fingerprint density at radius 1 is 0.976 bits per heavy atom. The maximum atomic E-state index is 12.4. The Bertz CT molecular complexity index is 1780. The molecule has 10 heteroatoms. The zero-order chi connectivity index (χ0) is 29.4. The van der Waals surface area contributed by atoms with Crippen LogP contribution < -0.4 is 14.8 Å². The highest BCUT2D eigenvalue weighted by molar-refractivity contribution is 5.91. The lowest BCUT2D eigenvalue weighted by molar-refractivity contribution is 0.0275. The van der Waals surface area contributed by atoms with Crippen LogP contribution in [-0.4, -0.2) is 55.3 Å². The minimum atomic E-state index is -0.529. The molecule has 0 unspecified atom stereocenters. The van der Waals surface area contributed by atoms with Crippen LogP contribution in [0.4, 0.5) is 16.3 Å². The molecule has 1 fully saturated rings. The number of benzene rings is 3. The van der Waals surface area contributed by atoms with E-state index in [1.165, 1.54) is 0 Å². The lowest BCUT2D eigenvalue weighted by Crippen LogP contribution is -2.36. The molecule has 0 saturated carbocycles. The number of carbonyl (C=O) groups is 1. The van der Waals surface area contributed by atoms with Gasteiger partial charge in [-0.15, -0.1) is 0 Å². The number of aryl methyl sites for hydroxylation is 2. The highest BCUT2D eigenvalue weighted by Crippen LogP contribution is 2.32. The van der Waals surface area contributed by atoms with Crippen molar-refractivity contribution in [1.29, 1.82) is 0 Å². The summed E-state index contributed by atoms with van der Waals surface area (Å²) in [5, 5.41) is 4.26. The minimum absolute atomic E-state index is 0.121. The van der Waals surface area contributed by atoms with E-state index in [9.17, 15) is 4.79 Å². The summed E-state index contributed by atoms with van der Waals surface area (Å²) in [6.45, 7) is 8.68. The van der Waals surface area contributed by atoms with Gasteiger partial charge < -0.3 is 29.0 Å². The Kier molecular flexibility index (Phi) is 7.06. The quantitative estimate of drug-likeness (QED) is 0.241. The maximum absolute atomic E-state index is 12.4. The van der Waals surface area contributed by atoms with Gasteiger partial charge >= 0.3 is 6.09 Å². The summed E-state index contributed by atoms with van der Waals surface area (Å²) in [7, 11) is 1.97. The molecule has 0 spiro atoms. The Labute approximate surface area is 244 Å². The van der Waals surface area contributed by atoms with Gasteiger partial charge in [0.1, 0.15) is 41.1 Å². The Balaban J connectivity index is 1.15. The third-order valence-electron chi connectivity index (χ3n) is 7.07. The summed E-state index contributed by atoms with van der Waals surface area (Å²) in [4.78, 5) is 27.5. The first kappa shape index (κ1) is 27.3. The second-order valence-electron chi connectivity index (χ2n) is 11.6. The number of carbonyl (C=O) groups excluding carboxylic acids is 1. The zero-order valence-electron chi connectivity index (χ0n) is 24.4. The van der Waals surface area contributed by atoms with E-state index in [2.05, 4.69) is 20.3 Å². The fraction of sp³-hybridized carbons (Fsp3) is 0.312. The number of imidazole rings is 1. The molecule has 3 heterocycles. The molecule has 10 nitrogen and oxygen atoms in total. The van der Waals surface area contributed by atoms with Gasteiger partial charge in [-0.05, 0) is 81.8 Å². The third kappa shape index (κ3) is 5.93. The molecule has 1 saturated heterocycles. The first-order chi connectivity index (χ1) is 20.1. The summed E-state index contributed by atoms with van der Waals surface area (Å²) in [5.74, 6) is 2.86. The molecule has 5 aromatic rings. The third-order valence-corrected chi connectivity index (χ3v) is 7.07. The number of nitrogens with one attached hydrogen (secondary N) is 1. The normalized spacial score (nSPS) is 15.3. The number of anilines is 2. The Hall–Kier alpha value is -4.86. The monoisotopic (exact) mass is 566 g/mol. The van der Waals surface area contributed by atoms with Gasteiger partial charge in [0, 0.05) is 37.2 Å². The predicted octanol–water partition coefficient (Wildman–Crippen LogP) is 6.75. The van der Waals surface area contributed by atoms with Crippen molar-refractivity contribution >= 4 is 39.5 Å². The lowest BCUT2D eigenvalue weighted by atomic mass is 10.1. The number of nitrogens with zero attached hydrogens (tertiary/aromatic N) is 5. The zero-order valence-corrected chi connectivity index (χ0v) is 24.4. The molecule has 1 amide bonds. The molecule has 0 radical (unpaired) electrons. The minimum Gasteiger partial charge on any atom is -0.488 e. The second-order valence-corrected chi connectivity index (χ2v) is 11.6. The molecule has 2 aromatic heterocycles. The maximum Gasteiger partial charge on any atom is 0.410 e. The second kappa shape index (κ2) is 10.8. The van der Waals surface area contributed by atoms with E-state index in [0.717, 1.165) is 51.1 Å².